The molecule has 2 rings (SSSR count). The molecule has 0 unspecified atom stereocenters. The average Bonchev–Trinajstić information content (AvgIpc) is 2.46. The highest BCUT2D eigenvalue weighted by Gasteiger charge is 2.12. The number of carbonyl (C=O) groups excluding carboxylic acids is 1. The van der Waals surface area contributed by atoms with Gasteiger partial charge in [0.25, 0.3) is 0 Å². The Bertz CT molecular complexity index is 524. The Kier molecular flexibility index (Phi) is 6.36. The first-order valence-electron chi connectivity index (χ1n) is 7.03. The Hall–Kier alpha value is -2.13. The number of halogens is 2. The highest BCUT2D eigenvalue weighted by molar-refractivity contribution is 5.68. The summed E-state index contributed by atoms with van der Waals surface area (Å²) in [4.78, 5) is 12.9. The highest BCUT2D eigenvalue weighted by atomic mass is 19.3. The lowest BCUT2D eigenvalue weighted by Crippen LogP contribution is -2.38. The molecule has 0 aliphatic carbocycles. The van der Waals surface area contributed by atoms with Gasteiger partial charge in [0.05, 0.1) is 13.2 Å². The fourth-order valence-electron chi connectivity index (χ4n) is 2.09. The molecule has 1 heterocycles. The zero-order valence-electron chi connectivity index (χ0n) is 12.4. The number of carbonyl (C=O) groups is 1. The minimum Gasteiger partial charge on any atom is -0.492 e. The summed E-state index contributed by atoms with van der Waals surface area (Å²) in [6.45, 7) is 0.980. The average molecular weight is 332 g/mol. The maximum atomic E-state index is 12.3. The molecule has 128 valence electrons. The molecule has 1 saturated heterocycles. The monoisotopic (exact) mass is 332 g/mol. The molecule has 23 heavy (non-hydrogen) atoms. The Morgan fingerprint density at radius 1 is 1.22 bits per heavy atom. The molecule has 7 nitrogen and oxygen atoms in total. The van der Waals surface area contributed by atoms with Gasteiger partial charge in [-0.1, -0.05) is 0 Å². The zero-order valence-corrected chi connectivity index (χ0v) is 12.4. The summed E-state index contributed by atoms with van der Waals surface area (Å²) in [5.74, 6) is 0.0322. The topological polar surface area (TPSA) is 83.3 Å². The SMILES string of the molecule is NC(=O)Oc1cc(OCCN2CCOCC2)cc(OC(F)F)c1. The number of amides is 1. The van der Waals surface area contributed by atoms with Gasteiger partial charge in [0, 0.05) is 37.8 Å². The predicted octanol–water partition coefficient (Wildman–Crippen LogP) is 1.46. The molecule has 1 aromatic carbocycles. The number of nitrogens with two attached hydrogens (primary N) is 1. The van der Waals surface area contributed by atoms with Crippen LogP contribution in [0.4, 0.5) is 13.6 Å². The molecule has 1 aromatic rings. The van der Waals surface area contributed by atoms with Gasteiger partial charge in [-0.3, -0.25) is 4.90 Å². The standard InChI is InChI=1S/C14H18F2N2O5/c15-13(16)22-11-7-10(8-12(9-11)23-14(17)19)21-6-3-18-1-4-20-5-2-18/h7-9,13H,1-6H2,(H2,17,19). The van der Waals surface area contributed by atoms with Crippen LogP contribution in [0.5, 0.6) is 17.2 Å². The first-order valence-corrected chi connectivity index (χ1v) is 7.03. The molecule has 0 radical (unpaired) electrons. The van der Waals surface area contributed by atoms with E-state index in [1.54, 1.807) is 0 Å². The maximum Gasteiger partial charge on any atom is 0.409 e. The van der Waals surface area contributed by atoms with Crippen molar-refractivity contribution in [1.82, 2.24) is 4.90 Å². The van der Waals surface area contributed by atoms with E-state index in [9.17, 15) is 13.6 Å². The van der Waals surface area contributed by atoms with Gasteiger partial charge in [0.2, 0.25) is 0 Å². The number of alkyl halides is 2. The second-order valence-corrected chi connectivity index (χ2v) is 4.74. The lowest BCUT2D eigenvalue weighted by molar-refractivity contribution is -0.0500. The summed E-state index contributed by atoms with van der Waals surface area (Å²) < 4.78 is 44.4. The molecule has 0 bridgehead atoms. The van der Waals surface area contributed by atoms with Crippen LogP contribution in [0.3, 0.4) is 0 Å². The smallest absolute Gasteiger partial charge is 0.409 e. The van der Waals surface area contributed by atoms with Crippen molar-refractivity contribution < 1.29 is 32.5 Å². The Morgan fingerprint density at radius 3 is 2.52 bits per heavy atom. The van der Waals surface area contributed by atoms with Crippen molar-refractivity contribution in [2.75, 3.05) is 39.5 Å². The fourth-order valence-corrected chi connectivity index (χ4v) is 2.09. The van der Waals surface area contributed by atoms with Crippen LogP contribution in [0.15, 0.2) is 18.2 Å². The third-order valence-electron chi connectivity index (χ3n) is 3.08. The summed E-state index contributed by atoms with van der Waals surface area (Å²) in [5, 5.41) is 0. The zero-order chi connectivity index (χ0) is 16.7. The molecule has 0 aromatic heterocycles. The molecule has 1 fully saturated rings. The molecular formula is C14H18F2N2O5. The summed E-state index contributed by atoms with van der Waals surface area (Å²) in [7, 11) is 0. The van der Waals surface area contributed by atoms with Crippen LogP contribution in [0.1, 0.15) is 0 Å². The quantitative estimate of drug-likeness (QED) is 0.814. The molecule has 1 aliphatic rings. The molecule has 0 spiro atoms. The van der Waals surface area contributed by atoms with Crippen molar-refractivity contribution in [3.63, 3.8) is 0 Å². The van der Waals surface area contributed by atoms with Crippen molar-refractivity contribution >= 4 is 6.09 Å². The minimum absolute atomic E-state index is 0.0305. The summed E-state index contributed by atoms with van der Waals surface area (Å²) in [6.07, 6.45) is -1.06. The Labute approximate surface area is 131 Å². The van der Waals surface area contributed by atoms with E-state index in [1.165, 1.54) is 12.1 Å². The maximum absolute atomic E-state index is 12.3. The second kappa shape index (κ2) is 8.49. The van der Waals surface area contributed by atoms with Crippen molar-refractivity contribution in [3.8, 4) is 17.2 Å². The van der Waals surface area contributed by atoms with Crippen LogP contribution in [-0.4, -0.2) is 57.1 Å². The van der Waals surface area contributed by atoms with E-state index < -0.39 is 12.7 Å². The number of hydrogen-bond acceptors (Lipinski definition) is 6. The van der Waals surface area contributed by atoms with E-state index in [2.05, 4.69) is 14.4 Å². The molecule has 0 atom stereocenters. The van der Waals surface area contributed by atoms with Crippen LogP contribution >= 0.6 is 0 Å². The number of ether oxygens (including phenoxy) is 4. The van der Waals surface area contributed by atoms with E-state index in [0.717, 1.165) is 19.2 Å². The van der Waals surface area contributed by atoms with Crippen molar-refractivity contribution in [3.05, 3.63) is 18.2 Å². The van der Waals surface area contributed by atoms with E-state index in [0.29, 0.717) is 26.4 Å². The van der Waals surface area contributed by atoms with Gasteiger partial charge in [0.15, 0.2) is 0 Å². The van der Waals surface area contributed by atoms with Gasteiger partial charge in [-0.25, -0.2) is 4.79 Å². The van der Waals surface area contributed by atoms with Crippen molar-refractivity contribution in [2.24, 2.45) is 5.73 Å². The lowest BCUT2D eigenvalue weighted by atomic mass is 10.3. The van der Waals surface area contributed by atoms with Crippen LogP contribution < -0.4 is 19.9 Å². The van der Waals surface area contributed by atoms with E-state index >= 15 is 0 Å². The number of rotatable bonds is 7. The third kappa shape index (κ3) is 6.25. The van der Waals surface area contributed by atoms with Crippen molar-refractivity contribution in [1.29, 1.82) is 0 Å². The van der Waals surface area contributed by atoms with Crippen LogP contribution in [0.25, 0.3) is 0 Å². The largest absolute Gasteiger partial charge is 0.492 e. The van der Waals surface area contributed by atoms with Gasteiger partial charge >= 0.3 is 12.7 Å². The van der Waals surface area contributed by atoms with Gasteiger partial charge in [-0.2, -0.15) is 8.78 Å². The van der Waals surface area contributed by atoms with Gasteiger partial charge in [0.1, 0.15) is 23.9 Å². The third-order valence-corrected chi connectivity index (χ3v) is 3.08. The van der Waals surface area contributed by atoms with Gasteiger partial charge < -0.3 is 24.7 Å². The molecular weight excluding hydrogens is 314 g/mol. The minimum atomic E-state index is -3.00. The summed E-state index contributed by atoms with van der Waals surface area (Å²) >= 11 is 0. The van der Waals surface area contributed by atoms with E-state index in [4.69, 9.17) is 15.2 Å². The first kappa shape index (κ1) is 17.2. The van der Waals surface area contributed by atoms with E-state index in [1.807, 2.05) is 0 Å². The molecule has 2 N–H and O–H groups in total. The predicted molar refractivity (Wildman–Crippen MR) is 76.0 cm³/mol. The van der Waals surface area contributed by atoms with Gasteiger partial charge in [-0.05, 0) is 0 Å². The Morgan fingerprint density at radius 2 is 1.87 bits per heavy atom. The van der Waals surface area contributed by atoms with E-state index in [-0.39, 0.29) is 17.2 Å². The van der Waals surface area contributed by atoms with Crippen LogP contribution in [0.2, 0.25) is 0 Å². The lowest BCUT2D eigenvalue weighted by Gasteiger charge is -2.26. The van der Waals surface area contributed by atoms with Crippen molar-refractivity contribution in [2.45, 2.75) is 6.61 Å². The first-order chi connectivity index (χ1) is 11.0. The number of primary amides is 1. The molecule has 1 aliphatic heterocycles. The van der Waals surface area contributed by atoms with Crippen LogP contribution in [-0.2, 0) is 4.74 Å². The molecule has 0 saturated carbocycles. The highest BCUT2D eigenvalue weighted by Crippen LogP contribution is 2.29. The summed E-state index contributed by atoms with van der Waals surface area (Å²) in [6, 6.07) is 3.80. The second-order valence-electron chi connectivity index (χ2n) is 4.74. The Balaban J connectivity index is 1.96. The fraction of sp³-hybridized carbons (Fsp3) is 0.500. The normalized spacial score (nSPS) is 15.4. The number of nitrogens with zero attached hydrogens (tertiary/aromatic N) is 1. The number of hydrogen-bond donors (Lipinski definition) is 1. The molecule has 1 amide bonds. The molecule has 9 heteroatoms. The number of benzene rings is 1. The summed E-state index contributed by atoms with van der Waals surface area (Å²) in [5.41, 5.74) is 4.91. The van der Waals surface area contributed by atoms with Gasteiger partial charge in [-0.15, -0.1) is 0 Å². The van der Waals surface area contributed by atoms with Crippen LogP contribution in [0, 0.1) is 0 Å². The number of morpholine rings is 1.